The smallest absolute Gasteiger partial charge is 0.869 e. The summed E-state index contributed by atoms with van der Waals surface area (Å²) in [6.45, 7) is 0. The second-order valence-corrected chi connectivity index (χ2v) is 18.8. The molecule has 0 saturated heterocycles. The first-order valence-corrected chi connectivity index (χ1v) is 27.0. The molecule has 13 rings (SSSR count). The largest absolute Gasteiger partial charge is 3.00 e. The Morgan fingerprint density at radius 3 is 0.476 bits per heavy atom. The van der Waals surface area contributed by atoms with Crippen LogP contribution in [0.25, 0.3) is 0 Å². The standard InChI is InChI=1S/4C9H10BN6.C6H2Cl2O4.2CH2Cl2.2Gd/c4*1-4-11-14(7-1)10(15-8-2-5-12-15)16-9-3-6-13-16;7-1-3(9)5(11)2(8)6(12)4(1)10;2*2-1-3;;/h4*1-10H;9,12H;2*1H2;;/q4*-1;;;;2*+3/p-2. The van der Waals surface area contributed by atoms with Crippen LogP contribution in [-0.2, 0) is 9.59 Å². The number of aromatic nitrogens is 24. The molecule has 2 radical (unpaired) electrons. The van der Waals surface area contributed by atoms with Gasteiger partial charge in [-0.1, -0.05) is 23.2 Å². The molecule has 28 nitrogen and oxygen atoms in total. The Balaban J connectivity index is 0.000000187. The zero-order valence-corrected chi connectivity index (χ0v) is 52.4. The third kappa shape index (κ3) is 18.8. The summed E-state index contributed by atoms with van der Waals surface area (Å²) in [5, 5.41) is 71.1. The molecule has 12 aromatic heterocycles. The molecule has 0 fully saturated rings. The Bertz CT molecular complexity index is 2840. The van der Waals surface area contributed by atoms with Gasteiger partial charge in [0.05, 0.1) is 20.7 Å². The minimum atomic E-state index is -1.23. The second kappa shape index (κ2) is 36.4. The van der Waals surface area contributed by atoms with Gasteiger partial charge in [-0.15, -0.1) is 46.4 Å². The van der Waals surface area contributed by atoms with Crippen LogP contribution in [0.3, 0.4) is 0 Å². The molecule has 0 saturated carbocycles. The van der Waals surface area contributed by atoms with Gasteiger partial charge in [0.2, 0.25) is 0 Å². The molecule has 0 aromatic carbocycles. The molecule has 0 atom stereocenters. The summed E-state index contributed by atoms with van der Waals surface area (Å²) in [7, 11) is -4.50. The molecule has 12 aromatic rings. The first-order valence-electron chi connectivity index (χ1n) is 24.2. The Labute approximate surface area is 573 Å². The van der Waals surface area contributed by atoms with Crippen LogP contribution in [0.4, 0.5) is 0 Å². The third-order valence-electron chi connectivity index (χ3n) is 11.4. The van der Waals surface area contributed by atoms with E-state index in [2.05, 4.69) is 61.2 Å². The normalized spacial score (nSPS) is 11.6. The SMILES string of the molecule is ClCCl.ClCCl.O=C1C([O-])=C(Cl)C(=O)C([O-])=C1Cl.[Gd+3].[Gd+3].c1cnn([BH-](n2cccn2)n2cccn2)c1.c1cnn([BH-](n2cccn2)n2cccn2)c1.c1cnn([BH-](n2cccn2)n2cccn2)c1.c1cnn([BH-](n2cccn2)n2cccn2)c1. The van der Waals surface area contributed by atoms with Gasteiger partial charge in [0.15, 0.2) is 11.6 Å². The van der Waals surface area contributed by atoms with Gasteiger partial charge in [-0.3, -0.25) is 9.59 Å². The van der Waals surface area contributed by atoms with Crippen LogP contribution < -0.4 is 10.2 Å². The molecule has 0 unspecified atom stereocenters. The summed E-state index contributed by atoms with van der Waals surface area (Å²) in [6.07, 6.45) is 44.1. The van der Waals surface area contributed by atoms with Crippen LogP contribution in [0.2, 0.25) is 0 Å². The second-order valence-electron chi connectivity index (χ2n) is 16.4. The van der Waals surface area contributed by atoms with Gasteiger partial charge in [0.25, 0.3) is 0 Å². The van der Waals surface area contributed by atoms with E-state index in [1.165, 1.54) is 0 Å². The van der Waals surface area contributed by atoms with Crippen LogP contribution in [0.1, 0.15) is 0 Å². The molecule has 0 spiro atoms. The van der Waals surface area contributed by atoms with Crippen LogP contribution in [0.15, 0.2) is 243 Å². The topological polar surface area (TPSA) is 294 Å². The maximum absolute atomic E-state index is 10.7. The maximum atomic E-state index is 10.7. The van der Waals surface area contributed by atoms with Crippen molar-refractivity contribution < 1.29 is 99.7 Å². The van der Waals surface area contributed by atoms with Gasteiger partial charge in [0, 0.05) is 74.4 Å². The van der Waals surface area contributed by atoms with Crippen LogP contribution in [0.5, 0.6) is 0 Å². The zero-order chi connectivity index (χ0) is 58.1. The fourth-order valence-electron chi connectivity index (χ4n) is 8.00. The van der Waals surface area contributed by atoms with E-state index in [1.54, 1.807) is 74.4 Å². The number of nitrogens with zero attached hydrogens (tertiary/aromatic N) is 24. The van der Waals surface area contributed by atoms with E-state index in [0.717, 1.165) is 0 Å². The van der Waals surface area contributed by atoms with Gasteiger partial charge in [0.1, 0.15) is 0 Å². The number of rotatable bonds is 12. The molecule has 1 aliphatic rings. The minimum Gasteiger partial charge on any atom is -0.869 e. The van der Waals surface area contributed by atoms with Crippen LogP contribution in [-0.4, -0.2) is 167 Å². The fraction of sp³-hybridized carbons (Fsp3) is 0.0455. The zero-order valence-electron chi connectivity index (χ0n) is 43.4. The van der Waals surface area contributed by atoms with E-state index in [9.17, 15) is 19.8 Å². The number of hydrogen-bond donors (Lipinski definition) is 0. The van der Waals surface area contributed by atoms with Crippen LogP contribution in [0, 0.1) is 79.9 Å². The van der Waals surface area contributed by atoms with Crippen molar-refractivity contribution in [3.05, 3.63) is 243 Å². The average Bonchev–Trinajstić information content (AvgIpc) is 3.96. The quantitative estimate of drug-likeness (QED) is 0.0948. The number of ketones is 2. The number of hydrogen-bond acceptors (Lipinski definition) is 16. The van der Waals surface area contributed by atoms with E-state index in [4.69, 9.17) is 69.6 Å². The number of allylic oxidation sites excluding steroid dienone is 2. The first-order chi connectivity index (χ1) is 40.1. The molecule has 12 heterocycles. The summed E-state index contributed by atoms with van der Waals surface area (Å²) in [5.41, 5.74) is 0. The number of alkyl halides is 4. The van der Waals surface area contributed by atoms with Crippen molar-refractivity contribution >= 4 is 110 Å². The van der Waals surface area contributed by atoms with Crippen molar-refractivity contribution in [1.29, 1.82) is 0 Å². The third-order valence-corrected chi connectivity index (χ3v) is 12.1. The Morgan fingerprint density at radius 2 is 0.393 bits per heavy atom. The maximum Gasteiger partial charge on any atom is 3.00 e. The van der Waals surface area contributed by atoms with E-state index in [1.807, 2.05) is 202 Å². The van der Waals surface area contributed by atoms with Gasteiger partial charge >= 0.3 is 108 Å². The molecule has 0 aliphatic heterocycles. The van der Waals surface area contributed by atoms with E-state index in [-0.39, 0.29) is 90.6 Å². The van der Waals surface area contributed by atoms with Crippen LogP contribution >= 0.6 is 69.6 Å². The summed E-state index contributed by atoms with van der Waals surface area (Å²) in [4.78, 5) is 21.4. The van der Waals surface area contributed by atoms with Crippen molar-refractivity contribution in [2.75, 3.05) is 10.7 Å². The molecule has 84 heavy (non-hydrogen) atoms. The van der Waals surface area contributed by atoms with Crippen molar-refractivity contribution in [2.24, 2.45) is 0 Å². The van der Waals surface area contributed by atoms with E-state index in [0.29, 0.717) is 0 Å². The molecular formula is C44H44B4Cl6Gd2N24O4. The summed E-state index contributed by atoms with van der Waals surface area (Å²) >= 11 is 29.2. The van der Waals surface area contributed by atoms with Crippen molar-refractivity contribution in [1.82, 2.24) is 116 Å². The monoisotopic (exact) mass is 1540 g/mol. The molecular weight excluding hydrogens is 1500 g/mol. The molecule has 0 bridgehead atoms. The fourth-order valence-corrected chi connectivity index (χ4v) is 8.34. The minimum absolute atomic E-state index is 0. The number of halogens is 6. The molecule has 40 heteroatoms. The number of Topliss-reactive ketones (excluding diaryl/α,β-unsaturated/α-hetero) is 2. The summed E-state index contributed by atoms with van der Waals surface area (Å²) in [5.74, 6) is -4.92. The molecule has 0 N–H and O–H groups in total. The number of carbonyl (C=O) groups is 2. The summed E-state index contributed by atoms with van der Waals surface area (Å²) in [6, 6.07) is 22.7. The molecule has 434 valence electrons. The van der Waals surface area contributed by atoms with Gasteiger partial charge < -0.3 is 65.3 Å². The number of carbonyl (C=O) groups excluding carboxylic acids is 2. The van der Waals surface area contributed by atoms with Gasteiger partial charge in [-0.2, -0.15) is 0 Å². The van der Waals surface area contributed by atoms with Crippen molar-refractivity contribution in [3.8, 4) is 0 Å². The molecule has 0 amide bonds. The average molecular weight is 1540 g/mol. The summed E-state index contributed by atoms with van der Waals surface area (Å²) < 4.78 is 22.5. The van der Waals surface area contributed by atoms with Crippen molar-refractivity contribution in [3.63, 3.8) is 0 Å². The van der Waals surface area contributed by atoms with E-state index >= 15 is 0 Å². The predicted molar refractivity (Wildman–Crippen MR) is 309 cm³/mol. The first kappa shape index (κ1) is 68.4. The van der Waals surface area contributed by atoms with Gasteiger partial charge in [-0.25, -0.2) is 61.2 Å². The Morgan fingerprint density at radius 1 is 0.286 bits per heavy atom. The van der Waals surface area contributed by atoms with E-state index < -0.39 is 61.6 Å². The van der Waals surface area contributed by atoms with Gasteiger partial charge in [-0.05, 0) is 159 Å². The predicted octanol–water partition coefficient (Wildman–Crippen LogP) is 1.35. The Hall–Kier alpha value is -6.41. The van der Waals surface area contributed by atoms with Crippen molar-refractivity contribution in [2.45, 2.75) is 0 Å². The Kier molecular flexibility index (Phi) is 29.7. The molecule has 1 aliphatic carbocycles.